The first-order valence-electron chi connectivity index (χ1n) is 12.6. The topological polar surface area (TPSA) is 61.4 Å². The molecule has 1 heterocycles. The van der Waals surface area contributed by atoms with E-state index in [2.05, 4.69) is 44.4 Å². The number of allylic oxidation sites excluding steroid dienone is 2. The van der Waals surface area contributed by atoms with Crippen LogP contribution < -0.4 is 10.6 Å². The average Bonchev–Trinajstić information content (AvgIpc) is 2.82. The fourth-order valence-corrected chi connectivity index (χ4v) is 4.67. The monoisotopic (exact) mass is 461 g/mol. The lowest BCUT2D eigenvalue weighted by atomic mass is 9.91. The van der Waals surface area contributed by atoms with E-state index in [0.717, 1.165) is 43.4 Å². The predicted molar refractivity (Wildman–Crippen MR) is 141 cm³/mol. The number of anilines is 1. The number of hydrogen-bond donors (Lipinski definition) is 2. The lowest BCUT2D eigenvalue weighted by molar-refractivity contribution is 0.0919. The van der Waals surface area contributed by atoms with Gasteiger partial charge in [0.05, 0.1) is 0 Å². The molecule has 3 amide bonds. The first-order chi connectivity index (χ1) is 16.3. The van der Waals surface area contributed by atoms with Crippen LogP contribution in [0.15, 0.2) is 48.0 Å². The van der Waals surface area contributed by atoms with Crippen molar-refractivity contribution in [3.63, 3.8) is 0 Å². The van der Waals surface area contributed by atoms with Crippen molar-refractivity contribution >= 4 is 23.2 Å². The van der Waals surface area contributed by atoms with Crippen LogP contribution in [0.2, 0.25) is 0 Å². The Bertz CT molecular complexity index is 1030. The fraction of sp³-hybridized carbons (Fsp3) is 0.448. The van der Waals surface area contributed by atoms with Crippen molar-refractivity contribution in [1.82, 2.24) is 10.2 Å². The number of urea groups is 1. The van der Waals surface area contributed by atoms with Crippen LogP contribution >= 0.6 is 0 Å². The van der Waals surface area contributed by atoms with Crippen molar-refractivity contribution in [3.05, 3.63) is 70.3 Å². The zero-order valence-corrected chi connectivity index (χ0v) is 21.3. The fourth-order valence-electron chi connectivity index (χ4n) is 4.67. The molecule has 5 nitrogen and oxygen atoms in total. The summed E-state index contributed by atoms with van der Waals surface area (Å²) in [7, 11) is 0. The molecule has 0 aliphatic carbocycles. The van der Waals surface area contributed by atoms with Gasteiger partial charge in [-0.15, -0.1) is 0 Å². The lowest BCUT2D eigenvalue weighted by Crippen LogP contribution is -2.47. The number of benzene rings is 2. The first-order valence-corrected chi connectivity index (χ1v) is 12.6. The molecule has 1 fully saturated rings. The van der Waals surface area contributed by atoms with Gasteiger partial charge in [0.25, 0.3) is 5.91 Å². The molecular weight excluding hydrogens is 422 g/mol. The predicted octanol–water partition coefficient (Wildman–Crippen LogP) is 6.71. The van der Waals surface area contributed by atoms with E-state index in [4.69, 9.17) is 0 Å². The summed E-state index contributed by atoms with van der Waals surface area (Å²) in [5.41, 5.74) is 7.81. The summed E-state index contributed by atoms with van der Waals surface area (Å²) in [6.45, 7) is 12.0. The molecule has 2 N–H and O–H groups in total. The highest BCUT2D eigenvalue weighted by Crippen LogP contribution is 2.28. The van der Waals surface area contributed by atoms with Crippen LogP contribution in [-0.4, -0.2) is 36.0 Å². The number of piperidine rings is 1. The Balaban J connectivity index is 1.59. The van der Waals surface area contributed by atoms with Crippen LogP contribution in [0.25, 0.3) is 5.57 Å². The molecule has 0 radical (unpaired) electrons. The van der Waals surface area contributed by atoms with Crippen LogP contribution in [0.3, 0.4) is 0 Å². The number of rotatable bonds is 7. The third kappa shape index (κ3) is 6.49. The van der Waals surface area contributed by atoms with Crippen molar-refractivity contribution in [2.24, 2.45) is 0 Å². The number of carbonyl (C=O) groups excluding carboxylic acids is 2. The summed E-state index contributed by atoms with van der Waals surface area (Å²) < 4.78 is 0. The molecule has 0 saturated carbocycles. The van der Waals surface area contributed by atoms with E-state index < -0.39 is 0 Å². The zero-order chi connectivity index (χ0) is 24.7. The Hall–Kier alpha value is -3.08. The van der Waals surface area contributed by atoms with Crippen molar-refractivity contribution < 1.29 is 9.59 Å². The van der Waals surface area contributed by atoms with Gasteiger partial charge in [-0.3, -0.25) is 4.79 Å². The largest absolute Gasteiger partial charge is 0.349 e. The second-order valence-electron chi connectivity index (χ2n) is 9.42. The highest BCUT2D eigenvalue weighted by Gasteiger charge is 2.24. The van der Waals surface area contributed by atoms with Gasteiger partial charge in [0.1, 0.15) is 0 Å². The summed E-state index contributed by atoms with van der Waals surface area (Å²) >= 11 is 0. The van der Waals surface area contributed by atoms with Gasteiger partial charge in [-0.2, -0.15) is 0 Å². The van der Waals surface area contributed by atoms with Crippen molar-refractivity contribution in [2.75, 3.05) is 18.4 Å². The van der Waals surface area contributed by atoms with Crippen molar-refractivity contribution in [2.45, 2.75) is 72.8 Å². The summed E-state index contributed by atoms with van der Waals surface area (Å²) in [4.78, 5) is 27.5. The van der Waals surface area contributed by atoms with Crippen LogP contribution in [0.1, 0.15) is 79.9 Å². The number of carbonyl (C=O) groups is 2. The molecule has 0 bridgehead atoms. The quantitative estimate of drug-likeness (QED) is 0.481. The Morgan fingerprint density at radius 2 is 1.68 bits per heavy atom. The number of hydrogen-bond acceptors (Lipinski definition) is 2. The number of nitrogens with zero attached hydrogens (tertiary/aromatic N) is 1. The van der Waals surface area contributed by atoms with Gasteiger partial charge in [-0.25, -0.2) is 4.79 Å². The Morgan fingerprint density at radius 3 is 2.29 bits per heavy atom. The normalized spacial score (nSPS) is 15.0. The molecule has 34 heavy (non-hydrogen) atoms. The van der Waals surface area contributed by atoms with Crippen molar-refractivity contribution in [1.29, 1.82) is 0 Å². The molecule has 3 rings (SSSR count). The van der Waals surface area contributed by atoms with E-state index in [9.17, 15) is 9.59 Å². The maximum atomic E-state index is 13.0. The standard InChI is InChI=1S/C29H39N3O2/c1-6-8-21(4)26(7-2)27-19-23(12-11-22(27)5)28(33)30-25-15-17-32(18-16-25)29(34)31-24-13-9-20(3)10-14-24/h9-14,19,25H,6-8,15-18H2,1-5H3,(H,30,33)(H,31,34)/b26-21+. The number of amides is 3. The SMILES string of the molecule is CCC/C(C)=C(\CC)c1cc(C(=O)NC2CCN(C(=O)Nc3ccc(C)cc3)CC2)ccc1C. The molecular formula is C29H39N3O2. The van der Waals surface area contributed by atoms with Crippen LogP contribution in [-0.2, 0) is 0 Å². The molecule has 2 aromatic carbocycles. The van der Waals surface area contributed by atoms with Gasteiger partial charge in [0, 0.05) is 30.4 Å². The number of likely N-dealkylation sites (tertiary alicyclic amines) is 1. The minimum atomic E-state index is -0.0851. The van der Waals surface area contributed by atoms with Gasteiger partial charge >= 0.3 is 6.03 Å². The molecule has 0 unspecified atom stereocenters. The molecule has 182 valence electrons. The van der Waals surface area contributed by atoms with Crippen LogP contribution in [0.4, 0.5) is 10.5 Å². The molecule has 1 saturated heterocycles. The summed E-state index contributed by atoms with van der Waals surface area (Å²) in [6, 6.07) is 13.8. The molecule has 1 aliphatic rings. The third-order valence-corrected chi connectivity index (χ3v) is 6.74. The van der Waals surface area contributed by atoms with E-state index in [0.29, 0.717) is 18.7 Å². The molecule has 1 aliphatic heterocycles. The molecule has 0 atom stereocenters. The zero-order valence-electron chi connectivity index (χ0n) is 21.3. The second-order valence-corrected chi connectivity index (χ2v) is 9.42. The van der Waals surface area contributed by atoms with Crippen LogP contribution in [0.5, 0.6) is 0 Å². The molecule has 2 aromatic rings. The maximum Gasteiger partial charge on any atom is 0.321 e. The second kappa shape index (κ2) is 11.9. The maximum absolute atomic E-state index is 13.0. The van der Waals surface area contributed by atoms with Gasteiger partial charge in [-0.1, -0.05) is 49.6 Å². The van der Waals surface area contributed by atoms with E-state index in [1.165, 1.54) is 22.3 Å². The van der Waals surface area contributed by atoms with E-state index in [-0.39, 0.29) is 18.0 Å². The van der Waals surface area contributed by atoms with E-state index >= 15 is 0 Å². The van der Waals surface area contributed by atoms with E-state index in [1.807, 2.05) is 48.2 Å². The first kappa shape index (κ1) is 25.5. The number of nitrogens with one attached hydrogen (secondary N) is 2. The molecule has 0 spiro atoms. The Morgan fingerprint density at radius 1 is 1.00 bits per heavy atom. The van der Waals surface area contributed by atoms with E-state index in [1.54, 1.807) is 0 Å². The smallest absolute Gasteiger partial charge is 0.321 e. The minimum absolute atomic E-state index is 0.0348. The Labute approximate surface area is 204 Å². The van der Waals surface area contributed by atoms with Gasteiger partial charge in [0.2, 0.25) is 0 Å². The number of aryl methyl sites for hydroxylation is 2. The highest BCUT2D eigenvalue weighted by atomic mass is 16.2. The average molecular weight is 462 g/mol. The third-order valence-electron chi connectivity index (χ3n) is 6.74. The molecule has 5 heteroatoms. The minimum Gasteiger partial charge on any atom is -0.349 e. The van der Waals surface area contributed by atoms with Gasteiger partial charge in [-0.05, 0) is 87.4 Å². The van der Waals surface area contributed by atoms with Gasteiger partial charge < -0.3 is 15.5 Å². The summed E-state index contributed by atoms with van der Waals surface area (Å²) in [6.07, 6.45) is 4.66. The Kier molecular flexibility index (Phi) is 8.91. The van der Waals surface area contributed by atoms with Crippen LogP contribution in [0, 0.1) is 13.8 Å². The molecule has 0 aromatic heterocycles. The van der Waals surface area contributed by atoms with Gasteiger partial charge in [0.15, 0.2) is 0 Å². The lowest BCUT2D eigenvalue weighted by Gasteiger charge is -2.32. The van der Waals surface area contributed by atoms with Crippen molar-refractivity contribution in [3.8, 4) is 0 Å². The summed E-state index contributed by atoms with van der Waals surface area (Å²) in [5, 5.41) is 6.16. The highest BCUT2D eigenvalue weighted by molar-refractivity contribution is 5.95. The summed E-state index contributed by atoms with van der Waals surface area (Å²) in [5.74, 6) is -0.0348.